The van der Waals surface area contributed by atoms with Gasteiger partial charge in [-0.25, -0.2) is 9.48 Å². The molecule has 1 saturated carbocycles. The van der Waals surface area contributed by atoms with E-state index in [0.717, 1.165) is 31.5 Å². The molecular weight excluding hydrogens is 463 g/mol. The average Bonchev–Trinajstić information content (AvgIpc) is 3.50. The molecule has 2 fully saturated rings. The molecule has 0 radical (unpaired) electrons. The van der Waals surface area contributed by atoms with Crippen LogP contribution in [0.4, 0.5) is 13.2 Å². The second-order valence-corrected chi connectivity index (χ2v) is 9.35. The van der Waals surface area contributed by atoms with Crippen LogP contribution in [0, 0.1) is 5.92 Å². The summed E-state index contributed by atoms with van der Waals surface area (Å²) in [6, 6.07) is 4.37. The largest absolute Gasteiger partial charge is 0.464 e. The van der Waals surface area contributed by atoms with Gasteiger partial charge in [0, 0.05) is 19.6 Å². The third-order valence-corrected chi connectivity index (χ3v) is 6.90. The van der Waals surface area contributed by atoms with Crippen LogP contribution in [0.3, 0.4) is 0 Å². The number of aromatic nitrogens is 3. The van der Waals surface area contributed by atoms with Crippen molar-refractivity contribution >= 4 is 11.9 Å². The molecular formula is C24H30F3N5O3. The Balaban J connectivity index is 1.45. The summed E-state index contributed by atoms with van der Waals surface area (Å²) >= 11 is 0. The highest BCUT2D eigenvalue weighted by Gasteiger charge is 2.39. The maximum absolute atomic E-state index is 13.2. The predicted molar refractivity (Wildman–Crippen MR) is 120 cm³/mol. The molecule has 1 aromatic heterocycles. The lowest BCUT2D eigenvalue weighted by molar-refractivity contribution is -0.137. The Morgan fingerprint density at radius 2 is 1.97 bits per heavy atom. The molecule has 2 atom stereocenters. The van der Waals surface area contributed by atoms with E-state index in [1.807, 2.05) is 0 Å². The van der Waals surface area contributed by atoms with Crippen molar-refractivity contribution in [2.24, 2.45) is 5.92 Å². The second kappa shape index (κ2) is 10.8. The lowest BCUT2D eigenvalue weighted by Crippen LogP contribution is -2.44. The minimum atomic E-state index is -4.43. The number of methoxy groups -OCH3 is 1. The van der Waals surface area contributed by atoms with Crippen molar-refractivity contribution in [1.29, 1.82) is 0 Å². The number of nitrogens with zero attached hydrogens (tertiary/aromatic N) is 4. The number of rotatable bonds is 7. The topological polar surface area (TPSA) is 89.4 Å². The summed E-state index contributed by atoms with van der Waals surface area (Å²) in [7, 11) is 1.27. The number of benzene rings is 1. The number of nitrogens with one attached hydrogen (secondary N) is 1. The Morgan fingerprint density at radius 1 is 1.20 bits per heavy atom. The van der Waals surface area contributed by atoms with Gasteiger partial charge in [0.25, 0.3) is 0 Å². The van der Waals surface area contributed by atoms with Crippen LogP contribution in [0.2, 0.25) is 0 Å². The standard InChI is InChI=1S/C24H30F3N5O3/c1-35-23(34)20-15-32(30-29-20)19-11-21(31(14-19)13-16-6-3-2-4-7-16)22(33)28-12-17-8-5-9-18(10-17)24(25,26)27/h5,8-10,15-16,19,21H,2-4,6-7,11-14H2,1H3,(H,28,33)/t19-,21-/m0/s1. The van der Waals surface area contributed by atoms with E-state index >= 15 is 0 Å². The molecule has 11 heteroatoms. The van der Waals surface area contributed by atoms with E-state index in [1.54, 1.807) is 10.7 Å². The third-order valence-electron chi connectivity index (χ3n) is 6.90. The summed E-state index contributed by atoms with van der Waals surface area (Å²) in [6.07, 6.45) is 3.39. The fourth-order valence-electron chi connectivity index (χ4n) is 5.06. The second-order valence-electron chi connectivity index (χ2n) is 9.35. The van der Waals surface area contributed by atoms with Crippen LogP contribution in [0.25, 0.3) is 0 Å². The molecule has 2 aromatic rings. The summed E-state index contributed by atoms with van der Waals surface area (Å²) in [5.74, 6) is -0.305. The van der Waals surface area contributed by atoms with Crippen LogP contribution in [-0.4, -0.2) is 58.0 Å². The number of carbonyl (C=O) groups is 2. The van der Waals surface area contributed by atoms with Crippen LogP contribution < -0.4 is 5.32 Å². The van der Waals surface area contributed by atoms with E-state index in [1.165, 1.54) is 38.6 Å². The van der Waals surface area contributed by atoms with Gasteiger partial charge in [-0.15, -0.1) is 5.10 Å². The van der Waals surface area contributed by atoms with Gasteiger partial charge in [-0.05, 0) is 42.9 Å². The lowest BCUT2D eigenvalue weighted by atomic mass is 9.89. The van der Waals surface area contributed by atoms with E-state index in [9.17, 15) is 22.8 Å². The summed E-state index contributed by atoms with van der Waals surface area (Å²) in [5, 5.41) is 10.8. The van der Waals surface area contributed by atoms with Crippen molar-refractivity contribution in [2.75, 3.05) is 20.2 Å². The molecule has 190 valence electrons. The zero-order valence-electron chi connectivity index (χ0n) is 19.6. The van der Waals surface area contributed by atoms with Gasteiger partial charge in [0.15, 0.2) is 5.69 Å². The molecule has 4 rings (SSSR count). The van der Waals surface area contributed by atoms with Crippen molar-refractivity contribution in [3.8, 4) is 0 Å². The summed E-state index contributed by atoms with van der Waals surface area (Å²) < 4.78 is 45.4. The van der Waals surface area contributed by atoms with Crippen LogP contribution in [0.5, 0.6) is 0 Å². The van der Waals surface area contributed by atoms with E-state index in [-0.39, 0.29) is 24.2 Å². The molecule has 0 spiro atoms. The molecule has 1 aliphatic carbocycles. The minimum absolute atomic E-state index is 0.0109. The maximum atomic E-state index is 13.2. The normalized spacial score (nSPS) is 21.7. The van der Waals surface area contributed by atoms with Gasteiger partial charge < -0.3 is 10.1 Å². The van der Waals surface area contributed by atoms with Gasteiger partial charge in [-0.1, -0.05) is 36.6 Å². The number of ether oxygens (including phenoxy) is 1. The molecule has 2 aliphatic rings. The predicted octanol–water partition coefficient (Wildman–Crippen LogP) is 3.60. The van der Waals surface area contributed by atoms with Gasteiger partial charge >= 0.3 is 12.1 Å². The third kappa shape index (κ3) is 6.19. The van der Waals surface area contributed by atoms with Crippen LogP contribution in [-0.2, 0) is 22.3 Å². The number of hydrogen-bond acceptors (Lipinski definition) is 6. The Bertz CT molecular complexity index is 1040. The highest BCUT2D eigenvalue weighted by atomic mass is 19.4. The first-order valence-corrected chi connectivity index (χ1v) is 11.9. The Hall–Kier alpha value is -2.95. The number of carbonyl (C=O) groups excluding carboxylic acids is 2. The fraction of sp³-hybridized carbons (Fsp3) is 0.583. The van der Waals surface area contributed by atoms with Gasteiger partial charge in [-0.2, -0.15) is 13.2 Å². The molecule has 35 heavy (non-hydrogen) atoms. The van der Waals surface area contributed by atoms with Gasteiger partial charge in [-0.3, -0.25) is 9.69 Å². The first-order chi connectivity index (χ1) is 16.7. The number of amides is 1. The number of hydrogen-bond donors (Lipinski definition) is 1. The van der Waals surface area contributed by atoms with Gasteiger partial charge in [0.1, 0.15) is 0 Å². The van der Waals surface area contributed by atoms with E-state index in [4.69, 9.17) is 4.74 Å². The molecule has 8 nitrogen and oxygen atoms in total. The Kier molecular flexibility index (Phi) is 7.73. The quantitative estimate of drug-likeness (QED) is 0.593. The molecule has 1 saturated heterocycles. The van der Waals surface area contributed by atoms with E-state index in [0.29, 0.717) is 24.4 Å². The zero-order valence-corrected chi connectivity index (χ0v) is 19.6. The van der Waals surface area contributed by atoms with Crippen molar-refractivity contribution in [2.45, 2.75) is 63.3 Å². The fourth-order valence-corrected chi connectivity index (χ4v) is 5.06. The highest BCUT2D eigenvalue weighted by molar-refractivity contribution is 5.86. The summed E-state index contributed by atoms with van der Waals surface area (Å²) in [5.41, 5.74) is -0.249. The lowest BCUT2D eigenvalue weighted by Gasteiger charge is -2.30. The highest BCUT2D eigenvalue weighted by Crippen LogP contribution is 2.32. The Morgan fingerprint density at radius 3 is 2.69 bits per heavy atom. The van der Waals surface area contributed by atoms with E-state index < -0.39 is 23.8 Å². The monoisotopic (exact) mass is 493 g/mol. The number of esters is 1. The Labute approximate surface area is 201 Å². The first kappa shape index (κ1) is 25.2. The van der Waals surface area contributed by atoms with Crippen LogP contribution >= 0.6 is 0 Å². The number of alkyl halides is 3. The van der Waals surface area contributed by atoms with Crippen molar-refractivity contribution in [3.63, 3.8) is 0 Å². The molecule has 1 N–H and O–H groups in total. The first-order valence-electron chi connectivity index (χ1n) is 11.9. The SMILES string of the molecule is COC(=O)c1cn([C@H]2C[C@@H](C(=O)NCc3cccc(C(F)(F)F)c3)N(CC3CCCCC3)C2)nn1. The molecule has 0 unspecified atom stereocenters. The van der Waals surface area contributed by atoms with Gasteiger partial charge in [0.05, 0.1) is 31.0 Å². The van der Waals surface area contributed by atoms with Crippen molar-refractivity contribution < 1.29 is 27.5 Å². The molecule has 1 aromatic carbocycles. The smallest absolute Gasteiger partial charge is 0.416 e. The molecule has 2 heterocycles. The molecule has 1 amide bonds. The van der Waals surface area contributed by atoms with Crippen LogP contribution in [0.1, 0.15) is 66.2 Å². The van der Waals surface area contributed by atoms with E-state index in [2.05, 4.69) is 20.5 Å². The number of likely N-dealkylation sites (tertiary alicyclic amines) is 1. The van der Waals surface area contributed by atoms with Crippen LogP contribution in [0.15, 0.2) is 30.5 Å². The van der Waals surface area contributed by atoms with Crippen molar-refractivity contribution in [3.05, 3.63) is 47.3 Å². The summed E-state index contributed by atoms with van der Waals surface area (Å²) in [6.45, 7) is 1.36. The molecule has 1 aliphatic heterocycles. The zero-order chi connectivity index (χ0) is 25.0. The average molecular weight is 494 g/mol. The van der Waals surface area contributed by atoms with Crippen molar-refractivity contribution in [1.82, 2.24) is 25.2 Å². The molecule has 0 bridgehead atoms. The maximum Gasteiger partial charge on any atom is 0.416 e. The minimum Gasteiger partial charge on any atom is -0.464 e. The van der Waals surface area contributed by atoms with Gasteiger partial charge in [0.2, 0.25) is 5.91 Å². The summed E-state index contributed by atoms with van der Waals surface area (Å²) in [4.78, 5) is 27.1. The number of halogens is 3.